The predicted octanol–water partition coefficient (Wildman–Crippen LogP) is 4.65. The van der Waals surface area contributed by atoms with Crippen LogP contribution in [0.4, 0.5) is 23.7 Å². The van der Waals surface area contributed by atoms with E-state index in [1.165, 1.54) is 23.5 Å². The summed E-state index contributed by atoms with van der Waals surface area (Å²) in [5.74, 6) is 0. The molecule has 0 aliphatic heterocycles. The number of urea groups is 1. The van der Waals surface area contributed by atoms with Crippen LogP contribution in [0.25, 0.3) is 0 Å². The molecule has 112 valence electrons. The van der Waals surface area contributed by atoms with Crippen LogP contribution in [0, 0.1) is 0 Å². The van der Waals surface area contributed by atoms with Gasteiger partial charge in [-0.15, -0.1) is 11.3 Å². The summed E-state index contributed by atoms with van der Waals surface area (Å²) in [6.07, 6.45) is -4.43. The Morgan fingerprint density at radius 2 is 2.00 bits per heavy atom. The smallest absolute Gasteiger partial charge is 0.331 e. The van der Waals surface area contributed by atoms with Gasteiger partial charge in [0, 0.05) is 10.6 Å². The lowest BCUT2D eigenvalue weighted by Crippen LogP contribution is -2.30. The van der Waals surface area contributed by atoms with E-state index in [9.17, 15) is 18.0 Å². The number of rotatable bonds is 3. The summed E-state index contributed by atoms with van der Waals surface area (Å²) in [6.45, 7) is 1.80. The predicted molar refractivity (Wildman–Crippen MR) is 76.3 cm³/mol. The fourth-order valence-electron chi connectivity index (χ4n) is 1.75. The number of alkyl halides is 3. The highest BCUT2D eigenvalue weighted by molar-refractivity contribution is 7.10. The minimum Gasteiger partial charge on any atom is -0.331 e. The molecule has 2 aromatic rings. The third-order valence-corrected chi connectivity index (χ3v) is 3.82. The quantitative estimate of drug-likeness (QED) is 0.850. The summed E-state index contributed by atoms with van der Waals surface area (Å²) in [7, 11) is 0. The maximum absolute atomic E-state index is 12.6. The van der Waals surface area contributed by atoms with Gasteiger partial charge in [-0.3, -0.25) is 0 Å². The Morgan fingerprint density at radius 1 is 1.24 bits per heavy atom. The van der Waals surface area contributed by atoms with E-state index >= 15 is 0 Å². The van der Waals surface area contributed by atoms with Crippen molar-refractivity contribution in [3.63, 3.8) is 0 Å². The van der Waals surface area contributed by atoms with E-state index in [1.807, 2.05) is 17.5 Å². The molecular weight excluding hydrogens is 301 g/mol. The van der Waals surface area contributed by atoms with Gasteiger partial charge in [0.15, 0.2) is 0 Å². The maximum Gasteiger partial charge on any atom is 0.416 e. The lowest BCUT2D eigenvalue weighted by atomic mass is 10.2. The van der Waals surface area contributed by atoms with Gasteiger partial charge in [0.1, 0.15) is 0 Å². The van der Waals surface area contributed by atoms with Crippen molar-refractivity contribution in [2.45, 2.75) is 19.1 Å². The number of carbonyl (C=O) groups excluding carboxylic acids is 1. The van der Waals surface area contributed by atoms with Crippen LogP contribution in [-0.4, -0.2) is 6.03 Å². The highest BCUT2D eigenvalue weighted by Gasteiger charge is 2.30. The molecule has 1 aromatic carbocycles. The topological polar surface area (TPSA) is 41.1 Å². The van der Waals surface area contributed by atoms with Crippen molar-refractivity contribution in [2.24, 2.45) is 0 Å². The van der Waals surface area contributed by atoms with Crippen molar-refractivity contribution >= 4 is 23.1 Å². The van der Waals surface area contributed by atoms with Gasteiger partial charge in [0.05, 0.1) is 11.6 Å². The molecule has 1 unspecified atom stereocenters. The summed E-state index contributed by atoms with van der Waals surface area (Å²) in [5, 5.41) is 6.96. The summed E-state index contributed by atoms with van der Waals surface area (Å²) in [4.78, 5) is 12.7. The minimum absolute atomic E-state index is 0.0979. The minimum atomic E-state index is -4.43. The molecular formula is C14H13F3N2OS. The number of amides is 2. The zero-order valence-corrected chi connectivity index (χ0v) is 11.9. The van der Waals surface area contributed by atoms with E-state index < -0.39 is 17.8 Å². The Hall–Kier alpha value is -2.02. The summed E-state index contributed by atoms with van der Waals surface area (Å²) in [6, 6.07) is 7.49. The van der Waals surface area contributed by atoms with Crippen LogP contribution in [0.15, 0.2) is 41.8 Å². The third kappa shape index (κ3) is 4.22. The number of thiophene rings is 1. The molecule has 0 aliphatic rings. The van der Waals surface area contributed by atoms with Crippen molar-refractivity contribution < 1.29 is 18.0 Å². The van der Waals surface area contributed by atoms with Gasteiger partial charge in [-0.1, -0.05) is 12.1 Å². The standard InChI is InChI=1S/C14H13F3N2OS/c1-9(12-6-3-7-21-12)18-13(20)19-11-5-2-4-10(8-11)14(15,16)17/h2-9H,1H3,(H2,18,19,20). The number of carbonyl (C=O) groups is 1. The lowest BCUT2D eigenvalue weighted by Gasteiger charge is -2.14. The Morgan fingerprint density at radius 3 is 2.62 bits per heavy atom. The van der Waals surface area contributed by atoms with Gasteiger partial charge in [0.25, 0.3) is 0 Å². The first-order valence-corrected chi connectivity index (χ1v) is 7.02. The maximum atomic E-state index is 12.6. The van der Waals surface area contributed by atoms with E-state index in [0.717, 1.165) is 17.0 Å². The van der Waals surface area contributed by atoms with Crippen LogP contribution in [-0.2, 0) is 6.18 Å². The van der Waals surface area contributed by atoms with Crippen LogP contribution < -0.4 is 10.6 Å². The first kappa shape index (κ1) is 15.4. The normalized spacial score (nSPS) is 12.8. The van der Waals surface area contributed by atoms with E-state index in [1.54, 1.807) is 6.92 Å². The summed E-state index contributed by atoms with van der Waals surface area (Å²) >= 11 is 1.49. The largest absolute Gasteiger partial charge is 0.416 e. The second kappa shape index (κ2) is 6.17. The zero-order chi connectivity index (χ0) is 15.5. The number of anilines is 1. The number of hydrogen-bond acceptors (Lipinski definition) is 2. The molecule has 2 amide bonds. The molecule has 1 atom stereocenters. The highest BCUT2D eigenvalue weighted by atomic mass is 32.1. The second-order valence-corrected chi connectivity index (χ2v) is 5.39. The monoisotopic (exact) mass is 314 g/mol. The van der Waals surface area contributed by atoms with Gasteiger partial charge < -0.3 is 10.6 Å². The number of benzene rings is 1. The molecule has 1 aromatic heterocycles. The van der Waals surface area contributed by atoms with E-state index in [0.29, 0.717) is 0 Å². The van der Waals surface area contributed by atoms with Crippen LogP contribution in [0.1, 0.15) is 23.4 Å². The highest BCUT2D eigenvalue weighted by Crippen LogP contribution is 2.30. The molecule has 7 heteroatoms. The first-order chi connectivity index (χ1) is 9.86. The van der Waals surface area contributed by atoms with E-state index in [-0.39, 0.29) is 11.7 Å². The first-order valence-electron chi connectivity index (χ1n) is 6.14. The van der Waals surface area contributed by atoms with Crippen molar-refractivity contribution in [3.8, 4) is 0 Å². The average Bonchev–Trinajstić information content (AvgIpc) is 2.91. The summed E-state index contributed by atoms with van der Waals surface area (Å²) < 4.78 is 37.7. The molecule has 1 heterocycles. The van der Waals surface area contributed by atoms with Gasteiger partial charge in [-0.2, -0.15) is 13.2 Å². The fraction of sp³-hybridized carbons (Fsp3) is 0.214. The summed E-state index contributed by atoms with van der Waals surface area (Å²) in [5.41, 5.74) is -0.702. The lowest BCUT2D eigenvalue weighted by molar-refractivity contribution is -0.137. The molecule has 0 bridgehead atoms. The second-order valence-electron chi connectivity index (χ2n) is 4.41. The average molecular weight is 314 g/mol. The van der Waals surface area contributed by atoms with Crippen molar-refractivity contribution in [3.05, 3.63) is 52.2 Å². The molecule has 2 rings (SSSR count). The molecule has 0 aliphatic carbocycles. The Kier molecular flexibility index (Phi) is 4.52. The molecule has 2 N–H and O–H groups in total. The van der Waals surface area contributed by atoms with Gasteiger partial charge in [0.2, 0.25) is 0 Å². The Labute approximate surface area is 123 Å². The molecule has 0 saturated heterocycles. The zero-order valence-electron chi connectivity index (χ0n) is 11.1. The van der Waals surface area contributed by atoms with E-state index in [2.05, 4.69) is 10.6 Å². The Balaban J connectivity index is 2.00. The molecule has 0 fully saturated rings. The van der Waals surface area contributed by atoms with Gasteiger partial charge >= 0.3 is 12.2 Å². The van der Waals surface area contributed by atoms with Crippen LogP contribution >= 0.6 is 11.3 Å². The van der Waals surface area contributed by atoms with Crippen molar-refractivity contribution in [2.75, 3.05) is 5.32 Å². The molecule has 21 heavy (non-hydrogen) atoms. The van der Waals surface area contributed by atoms with Crippen LogP contribution in [0.2, 0.25) is 0 Å². The molecule has 0 radical (unpaired) electrons. The fourth-order valence-corrected chi connectivity index (χ4v) is 2.48. The van der Waals surface area contributed by atoms with Gasteiger partial charge in [-0.25, -0.2) is 4.79 Å². The molecule has 3 nitrogen and oxygen atoms in total. The number of halogens is 3. The molecule has 0 spiro atoms. The third-order valence-electron chi connectivity index (χ3n) is 2.77. The van der Waals surface area contributed by atoms with Crippen LogP contribution in [0.5, 0.6) is 0 Å². The van der Waals surface area contributed by atoms with E-state index in [4.69, 9.17) is 0 Å². The number of hydrogen-bond donors (Lipinski definition) is 2. The van der Waals surface area contributed by atoms with Gasteiger partial charge in [-0.05, 0) is 36.6 Å². The Bertz CT molecular complexity index is 611. The van der Waals surface area contributed by atoms with Crippen molar-refractivity contribution in [1.29, 1.82) is 0 Å². The SMILES string of the molecule is CC(NC(=O)Nc1cccc(C(F)(F)F)c1)c1cccs1. The van der Waals surface area contributed by atoms with Crippen LogP contribution in [0.3, 0.4) is 0 Å². The van der Waals surface area contributed by atoms with Crippen molar-refractivity contribution in [1.82, 2.24) is 5.32 Å². The molecule has 0 saturated carbocycles. The number of nitrogens with one attached hydrogen (secondary N) is 2.